The third-order valence-corrected chi connectivity index (χ3v) is 3.21. The van der Waals surface area contributed by atoms with Crippen molar-refractivity contribution in [1.82, 2.24) is 9.55 Å². The van der Waals surface area contributed by atoms with Crippen molar-refractivity contribution in [2.24, 2.45) is 5.73 Å². The first-order valence-electron chi connectivity index (χ1n) is 6.05. The van der Waals surface area contributed by atoms with Crippen LogP contribution in [0.2, 0.25) is 0 Å². The number of hydrogen-bond acceptors (Lipinski definition) is 3. The molecule has 0 spiro atoms. The van der Waals surface area contributed by atoms with E-state index in [1.54, 1.807) is 11.5 Å². The second kappa shape index (κ2) is 3.88. The first-order chi connectivity index (χ1) is 8.58. The van der Waals surface area contributed by atoms with Gasteiger partial charge < -0.3 is 5.73 Å². The molecule has 5 heteroatoms. The number of benzene rings is 1. The fraction of sp³-hybridized carbons (Fsp3) is 0.385. The molecule has 0 amide bonds. The Morgan fingerprint density at radius 1 is 1.50 bits per heavy atom. The van der Waals surface area contributed by atoms with E-state index in [0.717, 1.165) is 12.8 Å². The largest absolute Gasteiger partial charge is 0.322 e. The first kappa shape index (κ1) is 11.3. The van der Waals surface area contributed by atoms with Crippen molar-refractivity contribution >= 4 is 10.9 Å². The summed E-state index contributed by atoms with van der Waals surface area (Å²) < 4.78 is 14.9. The van der Waals surface area contributed by atoms with Crippen LogP contribution in [0.4, 0.5) is 4.39 Å². The van der Waals surface area contributed by atoms with E-state index in [4.69, 9.17) is 5.73 Å². The Bertz CT molecular complexity index is 674. The van der Waals surface area contributed by atoms with Crippen molar-refractivity contribution in [2.45, 2.75) is 31.8 Å². The van der Waals surface area contributed by atoms with Gasteiger partial charge in [0.05, 0.1) is 16.9 Å². The summed E-state index contributed by atoms with van der Waals surface area (Å²) in [5, 5.41) is 0.325. The molecule has 0 saturated heterocycles. The van der Waals surface area contributed by atoms with Gasteiger partial charge in [-0.3, -0.25) is 9.36 Å². The van der Waals surface area contributed by atoms with Crippen molar-refractivity contribution in [2.75, 3.05) is 0 Å². The third-order valence-electron chi connectivity index (χ3n) is 3.21. The molecule has 0 unspecified atom stereocenters. The Balaban J connectivity index is 2.38. The molecule has 1 aliphatic rings. The van der Waals surface area contributed by atoms with Gasteiger partial charge in [0.1, 0.15) is 11.6 Å². The minimum atomic E-state index is -0.419. The van der Waals surface area contributed by atoms with E-state index in [1.807, 2.05) is 0 Å². The Labute approximate surface area is 103 Å². The normalized spacial score (nSPS) is 17.1. The van der Waals surface area contributed by atoms with Crippen LogP contribution < -0.4 is 11.3 Å². The van der Waals surface area contributed by atoms with Crippen LogP contribution in [-0.2, 0) is 0 Å². The van der Waals surface area contributed by atoms with Gasteiger partial charge >= 0.3 is 0 Å². The van der Waals surface area contributed by atoms with E-state index < -0.39 is 5.82 Å². The van der Waals surface area contributed by atoms with E-state index in [9.17, 15) is 9.18 Å². The predicted octanol–water partition coefficient (Wildman–Crippen LogP) is 1.89. The number of fused-ring (bicyclic) bond motifs is 1. The summed E-state index contributed by atoms with van der Waals surface area (Å²) in [5.74, 6) is 0.166. The molecule has 1 aromatic heterocycles. The van der Waals surface area contributed by atoms with Gasteiger partial charge in [-0.1, -0.05) is 0 Å². The molecule has 2 N–H and O–H groups in total. The maximum absolute atomic E-state index is 13.2. The number of rotatable bonds is 2. The molecule has 0 radical (unpaired) electrons. The molecule has 4 nitrogen and oxygen atoms in total. The topological polar surface area (TPSA) is 60.9 Å². The second-order valence-corrected chi connectivity index (χ2v) is 4.83. The molecule has 3 rings (SSSR count). The zero-order valence-electron chi connectivity index (χ0n) is 10.1. The van der Waals surface area contributed by atoms with Crippen molar-refractivity contribution in [1.29, 1.82) is 0 Å². The van der Waals surface area contributed by atoms with E-state index in [-0.39, 0.29) is 17.6 Å². The van der Waals surface area contributed by atoms with Gasteiger partial charge in [0.15, 0.2) is 0 Å². The van der Waals surface area contributed by atoms with Crippen LogP contribution in [0.5, 0.6) is 0 Å². The minimum absolute atomic E-state index is 0.179. The van der Waals surface area contributed by atoms with Crippen LogP contribution in [0.25, 0.3) is 10.9 Å². The Kier molecular flexibility index (Phi) is 2.45. The number of aromatic nitrogens is 2. The lowest BCUT2D eigenvalue weighted by Gasteiger charge is -2.15. The van der Waals surface area contributed by atoms with Gasteiger partial charge in [-0.15, -0.1) is 0 Å². The number of nitrogens with two attached hydrogens (primary N) is 1. The predicted molar refractivity (Wildman–Crippen MR) is 66.8 cm³/mol. The quantitative estimate of drug-likeness (QED) is 0.881. The van der Waals surface area contributed by atoms with Crippen LogP contribution in [-0.4, -0.2) is 9.55 Å². The van der Waals surface area contributed by atoms with E-state index in [2.05, 4.69) is 4.98 Å². The van der Waals surface area contributed by atoms with Crippen molar-refractivity contribution in [3.8, 4) is 0 Å². The highest BCUT2D eigenvalue weighted by Crippen LogP contribution is 2.35. The summed E-state index contributed by atoms with van der Waals surface area (Å²) in [4.78, 5) is 16.8. The molecule has 18 heavy (non-hydrogen) atoms. The fourth-order valence-corrected chi connectivity index (χ4v) is 2.19. The second-order valence-electron chi connectivity index (χ2n) is 4.83. The standard InChI is InChI=1S/C13H14FN3O/c1-7(15)12-16-11-5-2-8(14)6-10(11)13(18)17(12)9-3-4-9/h2,5-7,9H,3-4,15H2,1H3/t7-/m0/s1. The maximum Gasteiger partial charge on any atom is 0.261 e. The van der Waals surface area contributed by atoms with Crippen LogP contribution in [0, 0.1) is 5.82 Å². The Morgan fingerprint density at radius 2 is 2.22 bits per heavy atom. The smallest absolute Gasteiger partial charge is 0.261 e. The van der Waals surface area contributed by atoms with E-state index in [0.29, 0.717) is 16.7 Å². The van der Waals surface area contributed by atoms with Gasteiger partial charge in [0.2, 0.25) is 0 Å². The highest BCUT2D eigenvalue weighted by molar-refractivity contribution is 5.77. The van der Waals surface area contributed by atoms with Gasteiger partial charge in [-0.05, 0) is 38.0 Å². The molecule has 1 aliphatic carbocycles. The van der Waals surface area contributed by atoms with Gasteiger partial charge in [0.25, 0.3) is 5.56 Å². The molecular formula is C13H14FN3O. The summed E-state index contributed by atoms with van der Waals surface area (Å²) >= 11 is 0. The highest BCUT2D eigenvalue weighted by Gasteiger charge is 2.29. The van der Waals surface area contributed by atoms with Gasteiger partial charge in [-0.25, -0.2) is 9.37 Å². The summed E-state index contributed by atoms with van der Waals surface area (Å²) in [6.45, 7) is 1.80. The molecule has 0 bridgehead atoms. The molecule has 2 aromatic rings. The average molecular weight is 247 g/mol. The third kappa shape index (κ3) is 1.71. The van der Waals surface area contributed by atoms with Crippen LogP contribution in [0.15, 0.2) is 23.0 Å². The highest BCUT2D eigenvalue weighted by atomic mass is 19.1. The molecule has 1 heterocycles. The molecule has 1 saturated carbocycles. The molecule has 1 fully saturated rings. The van der Waals surface area contributed by atoms with Crippen molar-refractivity contribution in [3.63, 3.8) is 0 Å². The van der Waals surface area contributed by atoms with Crippen LogP contribution in [0.3, 0.4) is 0 Å². The fourth-order valence-electron chi connectivity index (χ4n) is 2.19. The van der Waals surface area contributed by atoms with Crippen LogP contribution in [0.1, 0.15) is 37.7 Å². The number of nitrogens with zero attached hydrogens (tertiary/aromatic N) is 2. The van der Waals surface area contributed by atoms with Crippen LogP contribution >= 0.6 is 0 Å². The first-order valence-corrected chi connectivity index (χ1v) is 6.05. The van der Waals surface area contributed by atoms with Gasteiger partial charge in [-0.2, -0.15) is 0 Å². The Morgan fingerprint density at radius 3 is 2.83 bits per heavy atom. The Hall–Kier alpha value is -1.75. The average Bonchev–Trinajstić information content (AvgIpc) is 3.13. The van der Waals surface area contributed by atoms with E-state index in [1.165, 1.54) is 18.2 Å². The minimum Gasteiger partial charge on any atom is -0.322 e. The molecule has 0 aliphatic heterocycles. The lowest BCUT2D eigenvalue weighted by Crippen LogP contribution is -2.28. The lowest BCUT2D eigenvalue weighted by atomic mass is 10.2. The SMILES string of the molecule is C[C@H](N)c1nc2ccc(F)cc2c(=O)n1C1CC1. The number of halogens is 1. The zero-order valence-corrected chi connectivity index (χ0v) is 10.1. The molecular weight excluding hydrogens is 233 g/mol. The molecule has 1 aromatic carbocycles. The number of hydrogen-bond donors (Lipinski definition) is 1. The zero-order chi connectivity index (χ0) is 12.9. The molecule has 94 valence electrons. The van der Waals surface area contributed by atoms with E-state index >= 15 is 0 Å². The summed E-state index contributed by atoms with van der Waals surface area (Å²) in [6.07, 6.45) is 1.92. The summed E-state index contributed by atoms with van der Waals surface area (Å²) in [5.41, 5.74) is 6.19. The molecule has 1 atom stereocenters. The maximum atomic E-state index is 13.2. The summed E-state index contributed by atoms with van der Waals surface area (Å²) in [6, 6.07) is 3.94. The summed E-state index contributed by atoms with van der Waals surface area (Å²) in [7, 11) is 0. The lowest BCUT2D eigenvalue weighted by molar-refractivity contribution is 0.592. The van der Waals surface area contributed by atoms with Crippen molar-refractivity contribution < 1.29 is 4.39 Å². The van der Waals surface area contributed by atoms with Gasteiger partial charge in [0, 0.05) is 6.04 Å². The van der Waals surface area contributed by atoms with Crippen molar-refractivity contribution in [3.05, 3.63) is 40.2 Å². The monoisotopic (exact) mass is 247 g/mol.